The number of hydrogen-bond acceptors (Lipinski definition) is 3. The molecule has 19 heavy (non-hydrogen) atoms. The zero-order valence-electron chi connectivity index (χ0n) is 10.7. The van der Waals surface area contributed by atoms with Crippen LogP contribution in [-0.4, -0.2) is 18.3 Å². The Morgan fingerprint density at radius 1 is 1.00 bits per heavy atom. The molecule has 3 heteroatoms. The fourth-order valence-electron chi connectivity index (χ4n) is 2.17. The van der Waals surface area contributed by atoms with Crippen LogP contribution < -0.4 is 0 Å². The normalized spacial score (nSPS) is 12.7. The first-order chi connectivity index (χ1) is 9.23. The van der Waals surface area contributed by atoms with E-state index in [2.05, 4.69) is 0 Å². The highest BCUT2D eigenvalue weighted by molar-refractivity contribution is 5.39. The van der Waals surface area contributed by atoms with Gasteiger partial charge in [-0.05, 0) is 11.1 Å². The highest BCUT2D eigenvalue weighted by atomic mass is 16.5. The lowest BCUT2D eigenvalue weighted by molar-refractivity contribution is -0.0423. The molecule has 96 valence electrons. The minimum Gasteiger partial charge on any atom is -0.376 e. The van der Waals surface area contributed by atoms with Crippen LogP contribution in [0.15, 0.2) is 60.7 Å². The summed E-state index contributed by atoms with van der Waals surface area (Å²) >= 11 is 0. The van der Waals surface area contributed by atoms with Crippen LogP contribution in [0.5, 0.6) is 0 Å². The van der Waals surface area contributed by atoms with Crippen LogP contribution in [0.3, 0.4) is 0 Å². The van der Waals surface area contributed by atoms with Gasteiger partial charge in [0.2, 0.25) is 0 Å². The molecule has 0 aliphatic carbocycles. The Bertz CT molecular complexity index is 521. The Hall–Kier alpha value is -2.15. The van der Waals surface area contributed by atoms with Crippen molar-refractivity contribution in [1.82, 2.24) is 0 Å². The van der Waals surface area contributed by atoms with Crippen molar-refractivity contribution >= 4 is 0 Å². The van der Waals surface area contributed by atoms with Crippen molar-refractivity contribution < 1.29 is 9.84 Å². The molecule has 0 bridgehead atoms. The van der Waals surface area contributed by atoms with Gasteiger partial charge in [0.1, 0.15) is 0 Å². The van der Waals surface area contributed by atoms with E-state index >= 15 is 0 Å². The number of aliphatic hydroxyl groups is 1. The number of nitriles is 1. The van der Waals surface area contributed by atoms with E-state index in [0.717, 1.165) is 0 Å². The van der Waals surface area contributed by atoms with E-state index in [1.54, 1.807) is 24.3 Å². The Labute approximate surface area is 112 Å². The van der Waals surface area contributed by atoms with Crippen LogP contribution in [0.25, 0.3) is 0 Å². The van der Waals surface area contributed by atoms with Crippen LogP contribution in [0, 0.1) is 11.3 Å². The smallest absolute Gasteiger partial charge is 0.180 e. The molecule has 0 aromatic heterocycles. The summed E-state index contributed by atoms with van der Waals surface area (Å²) in [5.74, 6) is 0. The Kier molecular flexibility index (Phi) is 3.96. The van der Waals surface area contributed by atoms with Gasteiger partial charge < -0.3 is 9.84 Å². The zero-order valence-corrected chi connectivity index (χ0v) is 10.7. The van der Waals surface area contributed by atoms with Crippen molar-refractivity contribution in [2.75, 3.05) is 7.11 Å². The summed E-state index contributed by atoms with van der Waals surface area (Å²) in [5.41, 5.74) is -0.212. The van der Waals surface area contributed by atoms with Gasteiger partial charge >= 0.3 is 0 Å². The minimum atomic E-state index is -1.48. The number of hydrogen-bond donors (Lipinski definition) is 1. The fourth-order valence-corrected chi connectivity index (χ4v) is 2.17. The van der Waals surface area contributed by atoms with Crippen LogP contribution in [0.1, 0.15) is 11.1 Å². The largest absolute Gasteiger partial charge is 0.376 e. The van der Waals surface area contributed by atoms with Gasteiger partial charge in [0.15, 0.2) is 11.7 Å². The predicted molar refractivity (Wildman–Crippen MR) is 72.3 cm³/mol. The molecule has 0 amide bonds. The summed E-state index contributed by atoms with van der Waals surface area (Å²) in [6, 6.07) is 20.2. The molecule has 0 aliphatic rings. The van der Waals surface area contributed by atoms with Crippen LogP contribution in [0.4, 0.5) is 0 Å². The second kappa shape index (κ2) is 5.66. The molecule has 1 N–H and O–H groups in total. The average Bonchev–Trinajstić information content (AvgIpc) is 2.50. The quantitative estimate of drug-likeness (QED) is 0.910. The maximum absolute atomic E-state index is 11.1. The SMILES string of the molecule is CO[C@H](C#N)C(O)(c1ccccc1)c1ccccc1. The van der Waals surface area contributed by atoms with Gasteiger partial charge in [-0.15, -0.1) is 0 Å². The van der Waals surface area contributed by atoms with Crippen molar-refractivity contribution in [1.29, 1.82) is 5.26 Å². The molecule has 2 aromatic carbocycles. The number of nitrogens with zero attached hydrogens (tertiary/aromatic N) is 1. The fraction of sp³-hybridized carbons (Fsp3) is 0.188. The first-order valence-electron chi connectivity index (χ1n) is 5.99. The summed E-state index contributed by atoms with van der Waals surface area (Å²) in [5, 5.41) is 20.3. The molecular formula is C16H15NO2. The van der Waals surface area contributed by atoms with Crippen molar-refractivity contribution in [3.05, 3.63) is 71.8 Å². The lowest BCUT2D eigenvalue weighted by atomic mass is 9.82. The van der Waals surface area contributed by atoms with E-state index < -0.39 is 11.7 Å². The molecule has 0 unspecified atom stereocenters. The molecule has 0 saturated carbocycles. The third-order valence-corrected chi connectivity index (χ3v) is 3.16. The molecule has 0 saturated heterocycles. The molecule has 2 rings (SSSR count). The maximum Gasteiger partial charge on any atom is 0.180 e. The van der Waals surface area contributed by atoms with Gasteiger partial charge in [-0.25, -0.2) is 0 Å². The third kappa shape index (κ3) is 2.37. The van der Waals surface area contributed by atoms with Crippen molar-refractivity contribution in [3.8, 4) is 6.07 Å². The maximum atomic E-state index is 11.1. The Balaban J connectivity index is 2.61. The zero-order chi connectivity index (χ0) is 13.7. The number of benzene rings is 2. The number of rotatable bonds is 4. The predicted octanol–water partition coefficient (Wildman–Crippen LogP) is 2.46. The van der Waals surface area contributed by atoms with E-state index in [-0.39, 0.29) is 0 Å². The molecule has 0 aliphatic heterocycles. The van der Waals surface area contributed by atoms with Crippen molar-refractivity contribution in [2.24, 2.45) is 0 Å². The molecule has 0 fully saturated rings. The van der Waals surface area contributed by atoms with Crippen molar-refractivity contribution in [2.45, 2.75) is 11.7 Å². The van der Waals surface area contributed by atoms with E-state index in [1.165, 1.54) is 7.11 Å². The van der Waals surface area contributed by atoms with Gasteiger partial charge in [0, 0.05) is 7.11 Å². The van der Waals surface area contributed by atoms with Crippen molar-refractivity contribution in [3.63, 3.8) is 0 Å². The average molecular weight is 253 g/mol. The van der Waals surface area contributed by atoms with E-state index in [4.69, 9.17) is 4.74 Å². The lowest BCUT2D eigenvalue weighted by Crippen LogP contribution is -2.41. The molecule has 3 nitrogen and oxygen atoms in total. The standard InChI is InChI=1S/C16H15NO2/c1-19-15(12-17)16(18,13-8-4-2-5-9-13)14-10-6-3-7-11-14/h2-11,15,18H,1H3/t15-/m1/s1. The van der Waals surface area contributed by atoms with Crippen LogP contribution in [0.2, 0.25) is 0 Å². The van der Waals surface area contributed by atoms with E-state index in [9.17, 15) is 10.4 Å². The topological polar surface area (TPSA) is 53.2 Å². The second-order valence-corrected chi connectivity index (χ2v) is 4.24. The van der Waals surface area contributed by atoms with Crippen LogP contribution >= 0.6 is 0 Å². The molecule has 1 atom stereocenters. The number of ether oxygens (including phenoxy) is 1. The number of methoxy groups -OCH3 is 1. The lowest BCUT2D eigenvalue weighted by Gasteiger charge is -2.32. The molecule has 0 spiro atoms. The molecular weight excluding hydrogens is 238 g/mol. The third-order valence-electron chi connectivity index (χ3n) is 3.16. The van der Waals surface area contributed by atoms with Gasteiger partial charge in [-0.1, -0.05) is 60.7 Å². The van der Waals surface area contributed by atoms with Crippen LogP contribution in [-0.2, 0) is 10.3 Å². The summed E-state index contributed by atoms with van der Waals surface area (Å²) in [6.45, 7) is 0. The van der Waals surface area contributed by atoms with Gasteiger partial charge in [-0.3, -0.25) is 0 Å². The minimum absolute atomic E-state index is 0.634. The second-order valence-electron chi connectivity index (χ2n) is 4.24. The first kappa shape index (κ1) is 13.3. The summed E-state index contributed by atoms with van der Waals surface area (Å²) in [6.07, 6.45) is -0.975. The summed E-state index contributed by atoms with van der Waals surface area (Å²) in [7, 11) is 1.42. The van der Waals surface area contributed by atoms with Gasteiger partial charge in [0.25, 0.3) is 0 Å². The highest BCUT2D eigenvalue weighted by Crippen LogP contribution is 2.34. The Morgan fingerprint density at radius 3 is 1.74 bits per heavy atom. The van der Waals surface area contributed by atoms with E-state index in [0.29, 0.717) is 11.1 Å². The highest BCUT2D eigenvalue weighted by Gasteiger charge is 2.40. The summed E-state index contributed by atoms with van der Waals surface area (Å²) < 4.78 is 5.16. The summed E-state index contributed by atoms with van der Waals surface area (Å²) in [4.78, 5) is 0. The first-order valence-corrected chi connectivity index (χ1v) is 5.99. The monoisotopic (exact) mass is 253 g/mol. The molecule has 0 heterocycles. The molecule has 0 radical (unpaired) electrons. The Morgan fingerprint density at radius 2 is 1.42 bits per heavy atom. The van der Waals surface area contributed by atoms with Gasteiger partial charge in [-0.2, -0.15) is 5.26 Å². The molecule has 2 aromatic rings. The van der Waals surface area contributed by atoms with Gasteiger partial charge in [0.05, 0.1) is 6.07 Å². The van der Waals surface area contributed by atoms with E-state index in [1.807, 2.05) is 42.5 Å².